The summed E-state index contributed by atoms with van der Waals surface area (Å²) in [5, 5.41) is 7.58. The number of hydrogen-bond acceptors (Lipinski definition) is 0. The molecule has 14 heavy (non-hydrogen) atoms. The molecule has 1 aliphatic rings. The molecule has 0 bridgehead atoms. The van der Waals surface area contributed by atoms with E-state index in [0.717, 1.165) is 0 Å². The topological polar surface area (TPSA) is 0 Å². The van der Waals surface area contributed by atoms with Crippen LogP contribution in [0, 0.1) is 0 Å². The van der Waals surface area contributed by atoms with Crippen molar-refractivity contribution in [3.63, 3.8) is 0 Å². The molecule has 0 unspecified atom stereocenters. The Morgan fingerprint density at radius 2 is 1.07 bits per heavy atom. The van der Waals surface area contributed by atoms with E-state index in [9.17, 15) is 0 Å². The van der Waals surface area contributed by atoms with Crippen LogP contribution in [0.15, 0.2) is 22.3 Å². The van der Waals surface area contributed by atoms with Crippen LogP contribution in [0.2, 0.25) is 19.4 Å². The summed E-state index contributed by atoms with van der Waals surface area (Å²) >= 11 is -1.69. The summed E-state index contributed by atoms with van der Waals surface area (Å²) in [6, 6.07) is 0. The van der Waals surface area contributed by atoms with E-state index in [1.54, 1.807) is 22.3 Å². The zero-order valence-corrected chi connectivity index (χ0v) is 12.6. The van der Waals surface area contributed by atoms with Crippen LogP contribution in [0.3, 0.4) is 0 Å². The van der Waals surface area contributed by atoms with E-state index in [2.05, 4.69) is 50.3 Å². The van der Waals surface area contributed by atoms with Crippen LogP contribution in [-0.2, 0) is 16.6 Å². The fraction of sp³-hybridized carbons (Fsp3) is 0.692. The maximum absolute atomic E-state index is 2.53. The Morgan fingerprint density at radius 1 is 0.786 bits per heavy atom. The fourth-order valence-corrected chi connectivity index (χ4v) is 6.82. The molecule has 0 spiro atoms. The van der Waals surface area contributed by atoms with Crippen molar-refractivity contribution in [1.29, 1.82) is 0 Å². The second kappa shape index (κ2) is 3.35. The first-order chi connectivity index (χ1) is 6.14. The summed E-state index contributed by atoms with van der Waals surface area (Å²) in [4.78, 5) is 0. The van der Waals surface area contributed by atoms with Crippen molar-refractivity contribution in [2.75, 3.05) is 0 Å². The van der Waals surface area contributed by atoms with Crippen molar-refractivity contribution in [3.8, 4) is 0 Å². The van der Waals surface area contributed by atoms with Gasteiger partial charge in [-0.25, -0.2) is 0 Å². The van der Waals surface area contributed by atoms with Gasteiger partial charge in [-0.2, -0.15) is 0 Å². The predicted molar refractivity (Wildman–Crippen MR) is 62.7 cm³/mol. The van der Waals surface area contributed by atoms with Crippen molar-refractivity contribution in [3.05, 3.63) is 22.3 Å². The van der Waals surface area contributed by atoms with Gasteiger partial charge in [0.25, 0.3) is 0 Å². The molecule has 0 saturated heterocycles. The molecule has 0 N–H and O–H groups in total. The Bertz CT molecular complexity index is 300. The van der Waals surface area contributed by atoms with Crippen LogP contribution in [0.4, 0.5) is 0 Å². The van der Waals surface area contributed by atoms with Gasteiger partial charge in [-0.05, 0) is 0 Å². The van der Waals surface area contributed by atoms with Gasteiger partial charge in [-0.1, -0.05) is 0 Å². The molecule has 0 heterocycles. The third kappa shape index (κ3) is 1.39. The third-order valence-corrected chi connectivity index (χ3v) is 10.5. The Morgan fingerprint density at radius 3 is 1.21 bits per heavy atom. The Balaban J connectivity index is 3.42. The summed E-state index contributed by atoms with van der Waals surface area (Å²) in [5.74, 6) is 0. The maximum atomic E-state index is 2.53. The first kappa shape index (κ1) is 12.3. The van der Waals surface area contributed by atoms with Gasteiger partial charge in [0.1, 0.15) is 0 Å². The number of hydrogen-bond donors (Lipinski definition) is 0. The normalized spacial score (nSPS) is 22.3. The molecule has 0 aromatic carbocycles. The fourth-order valence-electron chi connectivity index (χ4n) is 2.72. The second-order valence-electron chi connectivity index (χ2n) is 5.88. The quantitative estimate of drug-likeness (QED) is 0.544. The average Bonchev–Trinajstić information content (AvgIpc) is 2.21. The predicted octanol–water partition coefficient (Wildman–Crippen LogP) is 5.15. The van der Waals surface area contributed by atoms with E-state index < -0.39 is 16.6 Å². The van der Waals surface area contributed by atoms with Gasteiger partial charge in [-0.15, -0.1) is 0 Å². The summed E-state index contributed by atoms with van der Waals surface area (Å²) in [7, 11) is 0. The van der Waals surface area contributed by atoms with Gasteiger partial charge in [0, 0.05) is 0 Å². The van der Waals surface area contributed by atoms with Crippen molar-refractivity contribution in [1.82, 2.24) is 0 Å². The van der Waals surface area contributed by atoms with E-state index in [-0.39, 0.29) is 0 Å². The van der Waals surface area contributed by atoms with Gasteiger partial charge >= 0.3 is 92.9 Å². The van der Waals surface area contributed by atoms with Gasteiger partial charge in [0.05, 0.1) is 0 Å². The van der Waals surface area contributed by atoms with Crippen molar-refractivity contribution in [2.45, 2.75) is 54.0 Å². The van der Waals surface area contributed by atoms with E-state index >= 15 is 0 Å². The number of allylic oxidation sites excluding steroid dienone is 4. The van der Waals surface area contributed by atoms with Crippen LogP contribution in [0.1, 0.15) is 34.6 Å². The first-order valence-electron chi connectivity index (χ1n) is 5.50. The molecule has 0 aromatic heterocycles. The second-order valence-corrected chi connectivity index (χ2v) is 14.5. The molecule has 1 rings (SSSR count). The molecule has 0 fully saturated rings. The standard InChI is InChI=1S/C10H15.3CH3.Ti/c1-6-7(2)9(4)10(5)8(6)3;;;;/h1-5H3;3*1H3;. The Labute approximate surface area is 92.8 Å². The van der Waals surface area contributed by atoms with E-state index in [1.807, 2.05) is 0 Å². The SMILES string of the molecule is CC1=C(C)[C](C)([Ti]([CH3])([CH3])[CH3])C(C)=C1C. The minimum atomic E-state index is -1.69. The van der Waals surface area contributed by atoms with Crippen LogP contribution in [-0.4, -0.2) is 0 Å². The van der Waals surface area contributed by atoms with Crippen molar-refractivity contribution >= 4 is 0 Å². The average molecular weight is 228 g/mol. The molecule has 1 heteroatoms. The Hall–Kier alpha value is 0.194. The molecular formula is C13H24Ti. The first-order valence-corrected chi connectivity index (χ1v) is 11.0. The zero-order chi connectivity index (χ0) is 11.3. The molecule has 0 saturated carbocycles. The summed E-state index contributed by atoms with van der Waals surface area (Å²) in [5.41, 5.74) is 6.37. The van der Waals surface area contributed by atoms with Gasteiger partial charge < -0.3 is 0 Å². The molecule has 0 aliphatic heterocycles. The van der Waals surface area contributed by atoms with Crippen LogP contribution in [0.5, 0.6) is 0 Å². The zero-order valence-electron chi connectivity index (χ0n) is 11.0. The van der Waals surface area contributed by atoms with Crippen molar-refractivity contribution in [2.24, 2.45) is 0 Å². The molecule has 1 aliphatic carbocycles. The molecule has 0 aromatic rings. The molecule has 0 atom stereocenters. The van der Waals surface area contributed by atoms with Crippen LogP contribution >= 0.6 is 0 Å². The summed E-state index contributed by atoms with van der Waals surface area (Å²) in [6.07, 6.45) is 0. The monoisotopic (exact) mass is 228 g/mol. The van der Waals surface area contributed by atoms with Gasteiger partial charge in [0.15, 0.2) is 0 Å². The van der Waals surface area contributed by atoms with Crippen LogP contribution in [0.25, 0.3) is 0 Å². The van der Waals surface area contributed by atoms with Gasteiger partial charge in [-0.3, -0.25) is 0 Å². The molecule has 0 nitrogen and oxygen atoms in total. The molecule has 0 amide bonds. The minimum absolute atomic E-state index is 0.439. The third-order valence-electron chi connectivity index (χ3n) is 4.69. The van der Waals surface area contributed by atoms with E-state index in [4.69, 9.17) is 0 Å². The number of rotatable bonds is 1. The molecular weight excluding hydrogens is 204 g/mol. The summed E-state index contributed by atoms with van der Waals surface area (Å²) < 4.78 is 0.439. The van der Waals surface area contributed by atoms with E-state index in [1.165, 1.54) is 0 Å². The summed E-state index contributed by atoms with van der Waals surface area (Å²) in [6.45, 7) is 11.7. The Kier molecular flexibility index (Phi) is 2.94. The molecule has 80 valence electrons. The van der Waals surface area contributed by atoms with Crippen molar-refractivity contribution < 1.29 is 16.6 Å². The molecule has 0 radical (unpaired) electrons. The van der Waals surface area contributed by atoms with E-state index in [0.29, 0.717) is 3.72 Å². The van der Waals surface area contributed by atoms with Gasteiger partial charge in [0.2, 0.25) is 0 Å². The van der Waals surface area contributed by atoms with Crippen LogP contribution < -0.4 is 0 Å².